The van der Waals surface area contributed by atoms with Gasteiger partial charge in [0.25, 0.3) is 0 Å². The minimum absolute atomic E-state index is 0.00220. The third-order valence-corrected chi connectivity index (χ3v) is 8.20. The number of hydrogen-bond donors (Lipinski definition) is 1. The highest BCUT2D eigenvalue weighted by atomic mass is 35.5. The maximum Gasteiger partial charge on any atom is 0.355 e. The van der Waals surface area contributed by atoms with Crippen molar-refractivity contribution in [3.8, 4) is 17.2 Å². The Hall–Kier alpha value is -3.24. The average molecular weight is 535 g/mol. The largest absolute Gasteiger partial charge is 0.497 e. The molecule has 192 valence electrons. The van der Waals surface area contributed by atoms with Crippen molar-refractivity contribution in [3.05, 3.63) is 58.5 Å². The molecule has 3 aromatic rings. The molecule has 0 saturated carbocycles. The van der Waals surface area contributed by atoms with Gasteiger partial charge in [-0.3, -0.25) is 0 Å². The first kappa shape index (κ1) is 25.8. The summed E-state index contributed by atoms with van der Waals surface area (Å²) < 4.78 is 44.6. The summed E-state index contributed by atoms with van der Waals surface area (Å²) in [6.45, 7) is 4.03. The van der Waals surface area contributed by atoms with Crippen molar-refractivity contribution in [3.63, 3.8) is 0 Å². The Morgan fingerprint density at radius 1 is 1.19 bits per heavy atom. The van der Waals surface area contributed by atoms with Crippen molar-refractivity contribution in [2.24, 2.45) is 0 Å². The van der Waals surface area contributed by atoms with Gasteiger partial charge >= 0.3 is 5.97 Å². The summed E-state index contributed by atoms with van der Waals surface area (Å²) in [6, 6.07) is 9.04. The SMILES string of the molecule is CCCC(CC)c1nc(S(=O)(=O)c2ccc(OC)cc2)c(C(=O)O)n1Cc1cc2c(cc1Cl)OCO2. The summed E-state index contributed by atoms with van der Waals surface area (Å²) in [6.07, 6.45) is 2.18. The van der Waals surface area contributed by atoms with Gasteiger partial charge in [0.05, 0.1) is 18.6 Å². The monoisotopic (exact) mass is 534 g/mol. The summed E-state index contributed by atoms with van der Waals surface area (Å²) in [5.74, 6) is 0.292. The molecule has 0 fully saturated rings. The Morgan fingerprint density at radius 2 is 1.86 bits per heavy atom. The molecule has 2 heterocycles. The minimum Gasteiger partial charge on any atom is -0.497 e. The molecule has 1 aromatic heterocycles. The van der Waals surface area contributed by atoms with Crippen molar-refractivity contribution in [1.29, 1.82) is 0 Å². The van der Waals surface area contributed by atoms with E-state index in [1.807, 2.05) is 13.8 Å². The van der Waals surface area contributed by atoms with Crippen molar-refractivity contribution >= 4 is 27.4 Å². The van der Waals surface area contributed by atoms with E-state index in [4.69, 9.17) is 25.8 Å². The van der Waals surface area contributed by atoms with Crippen LogP contribution in [-0.2, 0) is 16.4 Å². The molecule has 11 heteroatoms. The van der Waals surface area contributed by atoms with Crippen LogP contribution in [0, 0.1) is 0 Å². The van der Waals surface area contributed by atoms with Crippen LogP contribution >= 0.6 is 11.6 Å². The Morgan fingerprint density at radius 3 is 2.44 bits per heavy atom. The molecule has 0 aliphatic carbocycles. The molecule has 4 rings (SSSR count). The molecule has 1 aliphatic heterocycles. The standard InChI is InChI=1S/C25H27ClN2O7S/c1-4-6-15(5-2)23-27-24(36(31,32)18-9-7-17(33-3)8-10-18)22(25(29)30)28(23)13-16-11-20-21(12-19(16)26)35-14-34-20/h7-12,15H,4-6,13-14H2,1-3H3,(H,29,30). The van der Waals surface area contributed by atoms with Crippen molar-refractivity contribution < 1.29 is 32.5 Å². The lowest BCUT2D eigenvalue weighted by Gasteiger charge is -2.18. The van der Waals surface area contributed by atoms with E-state index in [-0.39, 0.29) is 24.2 Å². The molecule has 2 aromatic carbocycles. The molecule has 0 spiro atoms. The van der Waals surface area contributed by atoms with Crippen molar-refractivity contribution in [2.75, 3.05) is 13.9 Å². The van der Waals surface area contributed by atoms with E-state index in [0.29, 0.717) is 46.5 Å². The number of rotatable bonds is 10. The smallest absolute Gasteiger partial charge is 0.355 e. The number of aromatic carboxylic acids is 1. The van der Waals surface area contributed by atoms with Crippen LogP contribution in [0.5, 0.6) is 17.2 Å². The number of aromatic nitrogens is 2. The van der Waals surface area contributed by atoms with E-state index in [0.717, 1.165) is 6.42 Å². The van der Waals surface area contributed by atoms with Gasteiger partial charge in [-0.15, -0.1) is 0 Å². The van der Waals surface area contributed by atoms with Crippen LogP contribution < -0.4 is 14.2 Å². The number of methoxy groups -OCH3 is 1. The van der Waals surface area contributed by atoms with Crippen LogP contribution in [0.2, 0.25) is 5.02 Å². The molecule has 0 radical (unpaired) electrons. The van der Waals surface area contributed by atoms with E-state index in [1.54, 1.807) is 12.1 Å². The summed E-state index contributed by atoms with van der Waals surface area (Å²) >= 11 is 6.49. The molecule has 9 nitrogen and oxygen atoms in total. The van der Waals surface area contributed by atoms with Crippen LogP contribution in [-0.4, -0.2) is 42.9 Å². The lowest BCUT2D eigenvalue weighted by atomic mass is 9.99. The Labute approximate surface area is 214 Å². The van der Waals surface area contributed by atoms with E-state index in [2.05, 4.69) is 4.98 Å². The zero-order valence-corrected chi connectivity index (χ0v) is 21.7. The van der Waals surface area contributed by atoms with E-state index >= 15 is 0 Å². The minimum atomic E-state index is -4.26. The fourth-order valence-corrected chi connectivity index (χ4v) is 5.89. The quantitative estimate of drug-likeness (QED) is 0.379. The number of nitrogens with zero attached hydrogens (tertiary/aromatic N) is 2. The second-order valence-electron chi connectivity index (χ2n) is 8.38. The average Bonchev–Trinajstić information content (AvgIpc) is 3.47. The summed E-state index contributed by atoms with van der Waals surface area (Å²) in [7, 11) is -2.78. The number of sulfone groups is 1. The fourth-order valence-electron chi connectivity index (χ4n) is 4.29. The molecular formula is C25H27ClN2O7S. The van der Waals surface area contributed by atoms with Crippen LogP contribution in [0.15, 0.2) is 46.3 Å². The van der Waals surface area contributed by atoms with Gasteiger partial charge < -0.3 is 23.9 Å². The molecule has 1 aliphatic rings. The maximum atomic E-state index is 13.6. The molecule has 36 heavy (non-hydrogen) atoms. The van der Waals surface area contributed by atoms with Gasteiger partial charge in [0.2, 0.25) is 16.6 Å². The number of hydrogen-bond acceptors (Lipinski definition) is 7. The highest BCUT2D eigenvalue weighted by molar-refractivity contribution is 7.91. The molecule has 1 unspecified atom stereocenters. The predicted octanol–water partition coefficient (Wildman–Crippen LogP) is 5.15. The first-order valence-electron chi connectivity index (χ1n) is 11.5. The number of halogens is 1. The van der Waals surface area contributed by atoms with Gasteiger partial charge in [0, 0.05) is 17.0 Å². The summed E-state index contributed by atoms with van der Waals surface area (Å²) in [5, 5.41) is 10.1. The van der Waals surface area contributed by atoms with Crippen LogP contribution in [0.1, 0.15) is 60.9 Å². The Bertz CT molecular complexity index is 1380. The number of fused-ring (bicyclic) bond motifs is 1. The molecule has 0 bridgehead atoms. The van der Waals surface area contributed by atoms with E-state index < -0.39 is 26.5 Å². The molecule has 1 atom stereocenters. The Kier molecular flexibility index (Phi) is 7.46. The molecule has 0 saturated heterocycles. The molecular weight excluding hydrogens is 508 g/mol. The number of imidazole rings is 1. The first-order chi connectivity index (χ1) is 17.2. The van der Waals surface area contributed by atoms with E-state index in [9.17, 15) is 18.3 Å². The van der Waals surface area contributed by atoms with Gasteiger partial charge in [0.1, 0.15) is 11.6 Å². The second kappa shape index (κ2) is 10.4. The lowest BCUT2D eigenvalue weighted by Crippen LogP contribution is -2.17. The van der Waals surface area contributed by atoms with Gasteiger partial charge in [-0.25, -0.2) is 18.2 Å². The van der Waals surface area contributed by atoms with Gasteiger partial charge in [0.15, 0.2) is 22.2 Å². The molecule has 1 N–H and O–H groups in total. The van der Waals surface area contributed by atoms with Gasteiger partial charge in [-0.1, -0.05) is 31.9 Å². The van der Waals surface area contributed by atoms with E-state index in [1.165, 1.54) is 35.9 Å². The normalized spacial score (nSPS) is 13.6. The highest BCUT2D eigenvalue weighted by Gasteiger charge is 2.34. The lowest BCUT2D eigenvalue weighted by molar-refractivity contribution is 0.0680. The third kappa shape index (κ3) is 4.75. The summed E-state index contributed by atoms with van der Waals surface area (Å²) in [4.78, 5) is 16.9. The maximum absolute atomic E-state index is 13.6. The molecule has 0 amide bonds. The Balaban J connectivity index is 1.91. The fraction of sp³-hybridized carbons (Fsp3) is 0.360. The number of carboxylic acid groups (broad SMARTS) is 1. The second-order valence-corrected chi connectivity index (χ2v) is 10.7. The van der Waals surface area contributed by atoms with Crippen molar-refractivity contribution in [1.82, 2.24) is 9.55 Å². The zero-order valence-electron chi connectivity index (χ0n) is 20.2. The van der Waals surface area contributed by atoms with Crippen LogP contribution in [0.4, 0.5) is 0 Å². The number of ether oxygens (including phenoxy) is 3. The first-order valence-corrected chi connectivity index (χ1v) is 13.4. The summed E-state index contributed by atoms with van der Waals surface area (Å²) in [5.41, 5.74) is 0.144. The van der Waals surface area contributed by atoms with Gasteiger partial charge in [-0.05, 0) is 48.7 Å². The van der Waals surface area contributed by atoms with Crippen LogP contribution in [0.25, 0.3) is 0 Å². The number of carboxylic acids is 1. The predicted molar refractivity (Wildman–Crippen MR) is 132 cm³/mol. The zero-order chi connectivity index (χ0) is 26.0. The van der Waals surface area contributed by atoms with Gasteiger partial charge in [-0.2, -0.15) is 0 Å². The highest BCUT2D eigenvalue weighted by Crippen LogP contribution is 2.38. The third-order valence-electron chi connectivity index (χ3n) is 6.16. The topological polar surface area (TPSA) is 117 Å². The van der Waals surface area contributed by atoms with Crippen molar-refractivity contribution in [2.45, 2.75) is 55.5 Å². The number of benzene rings is 2. The van der Waals surface area contributed by atoms with Crippen LogP contribution in [0.3, 0.4) is 0 Å². The number of carbonyl (C=O) groups is 1.